The zero-order valence-corrected chi connectivity index (χ0v) is 14.3. The Morgan fingerprint density at radius 3 is 2.14 bits per heavy atom. The Labute approximate surface area is 132 Å². The fourth-order valence-corrected chi connectivity index (χ4v) is 3.18. The Balaban J connectivity index is 3.10. The molecule has 1 heterocycles. The van der Waals surface area contributed by atoms with E-state index in [4.69, 9.17) is 23.7 Å². The Bertz CT molecular complexity index is 383. The molecule has 22 heavy (non-hydrogen) atoms. The maximum Gasteiger partial charge on any atom is 0.163 e. The zero-order chi connectivity index (χ0) is 16.9. The number of rotatable bonds is 8. The number of carbonyl (C=O) groups excluding carboxylic acids is 1. The van der Waals surface area contributed by atoms with Crippen LogP contribution < -0.4 is 0 Å². The molecule has 0 bridgehead atoms. The van der Waals surface area contributed by atoms with Gasteiger partial charge in [0.05, 0.1) is 13.2 Å². The first-order valence-corrected chi connectivity index (χ1v) is 7.37. The Hall–Kier alpha value is -0.950. The molecule has 1 aliphatic rings. The van der Waals surface area contributed by atoms with Gasteiger partial charge in [0, 0.05) is 33.7 Å². The van der Waals surface area contributed by atoms with Crippen LogP contribution in [0.1, 0.15) is 20.3 Å². The van der Waals surface area contributed by atoms with Gasteiger partial charge in [-0.05, 0) is 12.8 Å². The summed E-state index contributed by atoms with van der Waals surface area (Å²) in [5.74, 6) is 0.467. The minimum atomic E-state index is -0.525. The van der Waals surface area contributed by atoms with Gasteiger partial charge in [0.25, 0.3) is 0 Å². The van der Waals surface area contributed by atoms with Crippen molar-refractivity contribution in [3.63, 3.8) is 0 Å². The lowest BCUT2D eigenvalue weighted by molar-refractivity contribution is -0.286. The van der Waals surface area contributed by atoms with Gasteiger partial charge >= 0.3 is 0 Å². The molecule has 0 N–H and O–H groups in total. The molecule has 128 valence electrons. The molecule has 0 aliphatic carbocycles. The summed E-state index contributed by atoms with van der Waals surface area (Å²) in [4.78, 5) is 11.5. The van der Waals surface area contributed by atoms with Gasteiger partial charge in [0.2, 0.25) is 0 Å². The lowest BCUT2D eigenvalue weighted by atomic mass is 9.79. The molecule has 0 amide bonds. The summed E-state index contributed by atoms with van der Waals surface area (Å²) in [6, 6.07) is 0. The molecule has 6 heteroatoms. The first-order valence-electron chi connectivity index (χ1n) is 7.37. The largest absolute Gasteiger partial charge is 0.499 e. The van der Waals surface area contributed by atoms with Crippen LogP contribution >= 0.6 is 0 Å². The fraction of sp³-hybridized carbons (Fsp3) is 0.812. The number of hydrogen-bond donors (Lipinski definition) is 0. The Kier molecular flexibility index (Phi) is 7.48. The van der Waals surface area contributed by atoms with Gasteiger partial charge in [-0.25, -0.2) is 0 Å². The molecule has 6 unspecified atom stereocenters. The smallest absolute Gasteiger partial charge is 0.163 e. The van der Waals surface area contributed by atoms with Gasteiger partial charge in [-0.1, -0.05) is 13.5 Å². The number of ether oxygens (including phenoxy) is 5. The van der Waals surface area contributed by atoms with Crippen LogP contribution in [0.2, 0.25) is 0 Å². The number of methoxy groups -OCH3 is 4. The molecule has 1 fully saturated rings. The maximum atomic E-state index is 11.5. The predicted octanol–water partition coefficient (Wildman–Crippen LogP) is 1.78. The van der Waals surface area contributed by atoms with E-state index in [0.29, 0.717) is 12.2 Å². The molecule has 0 aromatic rings. The number of Topliss-reactive ketones (excluding diaryl/α,β-unsaturated/α-hetero) is 1. The predicted molar refractivity (Wildman–Crippen MR) is 81.4 cm³/mol. The van der Waals surface area contributed by atoms with Gasteiger partial charge in [-0.15, -0.1) is 0 Å². The van der Waals surface area contributed by atoms with Crippen molar-refractivity contribution in [1.29, 1.82) is 0 Å². The molecule has 0 saturated carbocycles. The number of ketones is 1. The van der Waals surface area contributed by atoms with E-state index in [1.165, 1.54) is 7.11 Å². The van der Waals surface area contributed by atoms with E-state index >= 15 is 0 Å². The first-order chi connectivity index (χ1) is 10.4. The normalized spacial score (nSPS) is 33.3. The van der Waals surface area contributed by atoms with Crippen LogP contribution in [0, 0.1) is 11.8 Å². The minimum absolute atomic E-state index is 0.0295. The van der Waals surface area contributed by atoms with Gasteiger partial charge in [-0.3, -0.25) is 0 Å². The van der Waals surface area contributed by atoms with Crippen LogP contribution in [-0.4, -0.2) is 58.8 Å². The van der Waals surface area contributed by atoms with E-state index in [-0.39, 0.29) is 29.8 Å². The average Bonchev–Trinajstić information content (AvgIpc) is 2.50. The van der Waals surface area contributed by atoms with E-state index in [1.807, 2.05) is 6.92 Å². The second-order valence-electron chi connectivity index (χ2n) is 5.69. The summed E-state index contributed by atoms with van der Waals surface area (Å²) in [5, 5.41) is 0. The third-order valence-electron chi connectivity index (χ3n) is 4.22. The Morgan fingerprint density at radius 1 is 1.14 bits per heavy atom. The highest BCUT2D eigenvalue weighted by molar-refractivity contribution is 5.75. The summed E-state index contributed by atoms with van der Waals surface area (Å²) < 4.78 is 27.9. The molecule has 0 aromatic heterocycles. The molecule has 1 rings (SSSR count). The van der Waals surface area contributed by atoms with Crippen LogP contribution in [0.25, 0.3) is 0 Å². The summed E-state index contributed by atoms with van der Waals surface area (Å²) in [6.45, 7) is 7.43. The second-order valence-corrected chi connectivity index (χ2v) is 5.69. The lowest BCUT2D eigenvalue weighted by Gasteiger charge is -2.47. The van der Waals surface area contributed by atoms with Crippen molar-refractivity contribution in [2.75, 3.05) is 28.4 Å². The van der Waals surface area contributed by atoms with E-state index in [9.17, 15) is 4.79 Å². The van der Waals surface area contributed by atoms with E-state index in [1.54, 1.807) is 28.3 Å². The summed E-state index contributed by atoms with van der Waals surface area (Å²) >= 11 is 0. The highest BCUT2D eigenvalue weighted by Gasteiger charge is 2.50. The van der Waals surface area contributed by atoms with Crippen molar-refractivity contribution < 1.29 is 28.5 Å². The highest BCUT2D eigenvalue weighted by Crippen LogP contribution is 2.38. The molecule has 0 spiro atoms. The molecule has 0 aromatic carbocycles. The first kappa shape index (κ1) is 19.1. The number of carbonyl (C=O) groups is 1. The standard InChI is InChI=1S/C16H28O6/c1-9(8-10(2)17)12-14(19-5)15(20-6)13(11(3)18-4)22-16(12)21-7/h9,12-16H,3,8H2,1-2,4-7H3. The summed E-state index contributed by atoms with van der Waals surface area (Å²) in [5.41, 5.74) is 0. The van der Waals surface area contributed by atoms with Gasteiger partial charge in [-0.2, -0.15) is 0 Å². The summed E-state index contributed by atoms with van der Waals surface area (Å²) in [6.07, 6.45) is -1.27. The SMILES string of the molecule is C=C(OC)C1OC(OC)C(C(C)CC(C)=O)C(OC)C1OC. The van der Waals surface area contributed by atoms with Crippen molar-refractivity contribution in [2.45, 2.75) is 44.9 Å². The van der Waals surface area contributed by atoms with Crippen LogP contribution in [0.5, 0.6) is 0 Å². The number of hydrogen-bond acceptors (Lipinski definition) is 6. The van der Waals surface area contributed by atoms with E-state index < -0.39 is 12.4 Å². The van der Waals surface area contributed by atoms with Gasteiger partial charge in [0.1, 0.15) is 23.8 Å². The lowest BCUT2D eigenvalue weighted by Crippen LogP contribution is -2.58. The van der Waals surface area contributed by atoms with Crippen LogP contribution in [0.15, 0.2) is 12.3 Å². The van der Waals surface area contributed by atoms with Gasteiger partial charge in [0.15, 0.2) is 6.29 Å². The molecule has 1 saturated heterocycles. The minimum Gasteiger partial charge on any atom is -0.499 e. The van der Waals surface area contributed by atoms with Crippen LogP contribution in [-0.2, 0) is 28.5 Å². The van der Waals surface area contributed by atoms with Crippen molar-refractivity contribution >= 4 is 5.78 Å². The topological polar surface area (TPSA) is 63.2 Å². The van der Waals surface area contributed by atoms with Gasteiger partial charge < -0.3 is 28.5 Å². The molecular formula is C16H28O6. The average molecular weight is 316 g/mol. The zero-order valence-electron chi connectivity index (χ0n) is 14.3. The van der Waals surface area contributed by atoms with Crippen molar-refractivity contribution in [3.8, 4) is 0 Å². The van der Waals surface area contributed by atoms with E-state index in [2.05, 4.69) is 6.58 Å². The van der Waals surface area contributed by atoms with E-state index in [0.717, 1.165) is 0 Å². The molecular weight excluding hydrogens is 288 g/mol. The highest BCUT2D eigenvalue weighted by atomic mass is 16.7. The third-order valence-corrected chi connectivity index (χ3v) is 4.22. The molecule has 6 atom stereocenters. The van der Waals surface area contributed by atoms with Crippen molar-refractivity contribution in [3.05, 3.63) is 12.3 Å². The fourth-order valence-electron chi connectivity index (χ4n) is 3.18. The van der Waals surface area contributed by atoms with Crippen molar-refractivity contribution in [1.82, 2.24) is 0 Å². The third kappa shape index (κ3) is 4.07. The molecule has 0 radical (unpaired) electrons. The molecule has 1 aliphatic heterocycles. The second kappa shape index (κ2) is 8.62. The maximum absolute atomic E-state index is 11.5. The van der Waals surface area contributed by atoms with Crippen LogP contribution in [0.3, 0.4) is 0 Å². The summed E-state index contributed by atoms with van der Waals surface area (Å²) in [7, 11) is 6.32. The molecule has 6 nitrogen and oxygen atoms in total. The van der Waals surface area contributed by atoms with Crippen molar-refractivity contribution in [2.24, 2.45) is 11.8 Å². The Morgan fingerprint density at radius 2 is 1.73 bits per heavy atom. The quantitative estimate of drug-likeness (QED) is 0.636. The van der Waals surface area contributed by atoms with Crippen LogP contribution in [0.4, 0.5) is 0 Å². The monoisotopic (exact) mass is 316 g/mol.